The van der Waals surface area contributed by atoms with Gasteiger partial charge in [0.15, 0.2) is 0 Å². The Kier molecular flexibility index (Phi) is 5.12. The lowest BCUT2D eigenvalue weighted by molar-refractivity contribution is 0.0724. The fourth-order valence-electron chi connectivity index (χ4n) is 2.71. The molecule has 1 heterocycles. The van der Waals surface area contributed by atoms with E-state index in [1.165, 1.54) is 6.07 Å². The predicted molar refractivity (Wildman–Crippen MR) is 78.3 cm³/mol. The summed E-state index contributed by atoms with van der Waals surface area (Å²) in [5.74, 6) is -0.146. The number of hydrogen-bond acceptors (Lipinski definition) is 2. The summed E-state index contributed by atoms with van der Waals surface area (Å²) in [4.78, 5) is 14.2. The second-order valence-electron chi connectivity index (χ2n) is 5.54. The number of hydrogen-bond donors (Lipinski definition) is 1. The first-order chi connectivity index (χ1) is 9.61. The Hall–Kier alpha value is -1.42. The van der Waals surface area contributed by atoms with Crippen LogP contribution in [0.1, 0.15) is 35.7 Å². The summed E-state index contributed by atoms with van der Waals surface area (Å²) < 4.78 is 13.9. The van der Waals surface area contributed by atoms with Crippen LogP contribution in [0.4, 0.5) is 4.39 Å². The van der Waals surface area contributed by atoms with Gasteiger partial charge in [-0.25, -0.2) is 4.39 Å². The van der Waals surface area contributed by atoms with Crippen LogP contribution in [0.2, 0.25) is 0 Å². The first kappa shape index (κ1) is 15.0. The molecule has 1 aliphatic rings. The van der Waals surface area contributed by atoms with Gasteiger partial charge < -0.3 is 10.2 Å². The second-order valence-corrected chi connectivity index (χ2v) is 5.54. The normalized spacial score (nSPS) is 18.9. The molecule has 0 bridgehead atoms. The molecule has 0 saturated carbocycles. The Labute approximate surface area is 120 Å². The summed E-state index contributed by atoms with van der Waals surface area (Å²) in [6, 6.07) is 4.80. The van der Waals surface area contributed by atoms with Gasteiger partial charge in [0.2, 0.25) is 0 Å². The van der Waals surface area contributed by atoms with Crippen LogP contribution in [0.5, 0.6) is 0 Å². The summed E-state index contributed by atoms with van der Waals surface area (Å²) in [5, 5.41) is 3.35. The Balaban J connectivity index is 2.07. The molecule has 0 aromatic heterocycles. The number of amides is 1. The number of nitrogens with zero attached hydrogens (tertiary/aromatic N) is 1. The maximum absolute atomic E-state index is 13.9. The summed E-state index contributed by atoms with van der Waals surface area (Å²) in [6.07, 6.45) is 2.28. The van der Waals surface area contributed by atoms with Crippen molar-refractivity contribution >= 4 is 5.91 Å². The molecular weight excluding hydrogens is 255 g/mol. The molecule has 0 radical (unpaired) electrons. The molecule has 4 heteroatoms. The highest BCUT2D eigenvalue weighted by Gasteiger charge is 2.22. The lowest BCUT2D eigenvalue weighted by Crippen LogP contribution is -2.41. The van der Waals surface area contributed by atoms with Gasteiger partial charge in [0.1, 0.15) is 5.82 Å². The van der Waals surface area contributed by atoms with Crippen LogP contribution in [0.15, 0.2) is 18.2 Å². The van der Waals surface area contributed by atoms with E-state index in [2.05, 4.69) is 5.32 Å². The zero-order chi connectivity index (χ0) is 14.5. The van der Waals surface area contributed by atoms with Crippen LogP contribution in [0.3, 0.4) is 0 Å². The molecule has 20 heavy (non-hydrogen) atoms. The first-order valence-corrected chi connectivity index (χ1v) is 7.38. The third kappa shape index (κ3) is 3.57. The third-order valence-corrected chi connectivity index (χ3v) is 3.90. The van der Waals surface area contributed by atoms with Crippen LogP contribution < -0.4 is 5.32 Å². The van der Waals surface area contributed by atoms with E-state index < -0.39 is 5.82 Å². The Bertz CT molecular complexity index is 470. The van der Waals surface area contributed by atoms with E-state index in [4.69, 9.17) is 0 Å². The summed E-state index contributed by atoms with van der Waals surface area (Å²) in [5.41, 5.74) is 1.01. The average Bonchev–Trinajstić information content (AvgIpc) is 2.45. The van der Waals surface area contributed by atoms with Crippen LogP contribution in [0.25, 0.3) is 0 Å². The van der Waals surface area contributed by atoms with Crippen molar-refractivity contribution in [3.8, 4) is 0 Å². The van der Waals surface area contributed by atoms with Crippen LogP contribution >= 0.6 is 0 Å². The van der Waals surface area contributed by atoms with Gasteiger partial charge in [-0.05, 0) is 63.4 Å². The molecule has 1 aromatic rings. The van der Waals surface area contributed by atoms with Crippen LogP contribution in [0, 0.1) is 18.7 Å². The van der Waals surface area contributed by atoms with Crippen LogP contribution in [-0.4, -0.2) is 37.0 Å². The minimum atomic E-state index is -0.421. The van der Waals surface area contributed by atoms with E-state index in [0.29, 0.717) is 19.0 Å². The fraction of sp³-hybridized carbons (Fsp3) is 0.562. The van der Waals surface area contributed by atoms with Crippen molar-refractivity contribution in [3.63, 3.8) is 0 Å². The number of piperidine rings is 1. The standard InChI is InChI=1S/C16H23FN2O/c1-3-19(11-13-5-4-8-18-10-13)16(20)14-7-6-12(2)9-15(14)17/h6-7,9,13,18H,3-5,8,10-11H2,1-2H3. The molecule has 1 saturated heterocycles. The second kappa shape index (κ2) is 6.84. The highest BCUT2D eigenvalue weighted by molar-refractivity contribution is 5.94. The maximum atomic E-state index is 13.9. The van der Waals surface area contributed by atoms with Gasteiger partial charge in [0, 0.05) is 13.1 Å². The van der Waals surface area contributed by atoms with Gasteiger partial charge in [0.25, 0.3) is 5.91 Å². The van der Waals surface area contributed by atoms with Crippen molar-refractivity contribution in [2.24, 2.45) is 5.92 Å². The van der Waals surface area contributed by atoms with Crippen molar-refractivity contribution in [1.29, 1.82) is 0 Å². The molecule has 0 spiro atoms. The number of benzene rings is 1. The molecule has 3 nitrogen and oxygen atoms in total. The molecule has 1 fully saturated rings. The number of rotatable bonds is 4. The molecule has 110 valence electrons. The van der Waals surface area contributed by atoms with E-state index in [0.717, 1.165) is 31.5 Å². The molecule has 2 rings (SSSR count). The highest BCUT2D eigenvalue weighted by Crippen LogP contribution is 2.16. The summed E-state index contributed by atoms with van der Waals surface area (Å²) in [6.45, 7) is 7.09. The molecule has 0 aliphatic carbocycles. The zero-order valence-electron chi connectivity index (χ0n) is 12.3. The topological polar surface area (TPSA) is 32.3 Å². The molecule has 1 amide bonds. The third-order valence-electron chi connectivity index (χ3n) is 3.90. The van der Waals surface area contributed by atoms with Gasteiger partial charge in [-0.2, -0.15) is 0 Å². The maximum Gasteiger partial charge on any atom is 0.256 e. The highest BCUT2D eigenvalue weighted by atomic mass is 19.1. The Morgan fingerprint density at radius 2 is 2.30 bits per heavy atom. The van der Waals surface area contributed by atoms with E-state index in [1.807, 2.05) is 13.8 Å². The zero-order valence-corrected chi connectivity index (χ0v) is 12.3. The SMILES string of the molecule is CCN(CC1CCCNC1)C(=O)c1ccc(C)cc1F. The van der Waals surface area contributed by atoms with Crippen LogP contribution in [-0.2, 0) is 0 Å². The lowest BCUT2D eigenvalue weighted by Gasteiger charge is -2.29. The van der Waals surface area contributed by atoms with E-state index >= 15 is 0 Å². The van der Waals surface area contributed by atoms with Crippen molar-refractivity contribution < 1.29 is 9.18 Å². The quantitative estimate of drug-likeness (QED) is 0.918. The number of nitrogens with one attached hydrogen (secondary N) is 1. The van der Waals surface area contributed by atoms with Crippen molar-refractivity contribution in [3.05, 3.63) is 35.1 Å². The lowest BCUT2D eigenvalue weighted by atomic mass is 9.98. The van der Waals surface area contributed by atoms with Crippen molar-refractivity contribution in [1.82, 2.24) is 10.2 Å². The van der Waals surface area contributed by atoms with Gasteiger partial charge >= 0.3 is 0 Å². The number of carbonyl (C=O) groups is 1. The smallest absolute Gasteiger partial charge is 0.256 e. The van der Waals surface area contributed by atoms with Crippen molar-refractivity contribution in [2.45, 2.75) is 26.7 Å². The molecule has 1 N–H and O–H groups in total. The van der Waals surface area contributed by atoms with Gasteiger partial charge in [-0.1, -0.05) is 6.07 Å². The number of halogens is 1. The van der Waals surface area contributed by atoms with Crippen molar-refractivity contribution in [2.75, 3.05) is 26.2 Å². The predicted octanol–water partition coefficient (Wildman–Crippen LogP) is 2.60. The average molecular weight is 278 g/mol. The summed E-state index contributed by atoms with van der Waals surface area (Å²) in [7, 11) is 0. The molecule has 1 atom stereocenters. The Morgan fingerprint density at radius 3 is 2.90 bits per heavy atom. The van der Waals surface area contributed by atoms with E-state index in [9.17, 15) is 9.18 Å². The van der Waals surface area contributed by atoms with Gasteiger partial charge in [0.05, 0.1) is 5.56 Å². The summed E-state index contributed by atoms with van der Waals surface area (Å²) >= 11 is 0. The largest absolute Gasteiger partial charge is 0.339 e. The minimum absolute atomic E-state index is 0.182. The molecule has 1 unspecified atom stereocenters. The number of aryl methyl sites for hydroxylation is 1. The fourth-order valence-corrected chi connectivity index (χ4v) is 2.71. The monoisotopic (exact) mass is 278 g/mol. The molecule has 1 aliphatic heterocycles. The van der Waals surface area contributed by atoms with E-state index in [1.54, 1.807) is 17.0 Å². The number of carbonyl (C=O) groups excluding carboxylic acids is 1. The molecule has 1 aromatic carbocycles. The Morgan fingerprint density at radius 1 is 1.50 bits per heavy atom. The molecular formula is C16H23FN2O. The van der Waals surface area contributed by atoms with Gasteiger partial charge in [-0.3, -0.25) is 4.79 Å². The minimum Gasteiger partial charge on any atom is -0.339 e. The van der Waals surface area contributed by atoms with Gasteiger partial charge in [-0.15, -0.1) is 0 Å². The first-order valence-electron chi connectivity index (χ1n) is 7.38. The van der Waals surface area contributed by atoms with E-state index in [-0.39, 0.29) is 11.5 Å².